The van der Waals surface area contributed by atoms with Crippen molar-refractivity contribution in [3.63, 3.8) is 0 Å². The van der Waals surface area contributed by atoms with E-state index in [1.165, 1.54) is 18.9 Å². The largest absolute Gasteiger partial charge is 0.503 e. The van der Waals surface area contributed by atoms with E-state index in [0.29, 0.717) is 11.6 Å². The van der Waals surface area contributed by atoms with Gasteiger partial charge in [-0.2, -0.15) is 0 Å². The highest BCUT2D eigenvalue weighted by Gasteiger charge is 2.25. The predicted octanol–water partition coefficient (Wildman–Crippen LogP) is 1.91. The Morgan fingerprint density at radius 1 is 1.53 bits per heavy atom. The van der Waals surface area contributed by atoms with Crippen molar-refractivity contribution in [3.8, 4) is 5.75 Å². The van der Waals surface area contributed by atoms with E-state index in [4.69, 9.17) is 0 Å². The predicted molar refractivity (Wildman–Crippen MR) is 59.0 cm³/mol. The maximum Gasteiger partial charge on any atom is 0.223 e. The molecule has 3 heteroatoms. The van der Waals surface area contributed by atoms with Gasteiger partial charge in [0.25, 0.3) is 0 Å². The first kappa shape index (κ1) is 10.3. The van der Waals surface area contributed by atoms with Crippen LogP contribution in [-0.4, -0.2) is 9.67 Å². The molecule has 3 nitrogen and oxygen atoms in total. The lowest BCUT2D eigenvalue weighted by Crippen LogP contribution is -2.26. The minimum absolute atomic E-state index is 0.107. The summed E-state index contributed by atoms with van der Waals surface area (Å²) in [5, 5.41) is 9.51. The molecule has 15 heavy (non-hydrogen) atoms. The molecule has 0 bridgehead atoms. The van der Waals surface area contributed by atoms with E-state index in [-0.39, 0.29) is 11.2 Å². The minimum Gasteiger partial charge on any atom is -0.503 e. The summed E-state index contributed by atoms with van der Waals surface area (Å²) < 4.78 is 1.98. The van der Waals surface area contributed by atoms with Gasteiger partial charge in [-0.3, -0.25) is 4.79 Å². The highest BCUT2D eigenvalue weighted by molar-refractivity contribution is 5.25. The molecule has 0 amide bonds. The number of rotatable bonds is 2. The van der Waals surface area contributed by atoms with Gasteiger partial charge in [-0.1, -0.05) is 6.92 Å². The number of pyridine rings is 1. The molecule has 1 aliphatic rings. The molecule has 1 aliphatic carbocycles. The van der Waals surface area contributed by atoms with E-state index in [1.807, 2.05) is 4.57 Å². The molecule has 0 spiro atoms. The molecule has 0 aromatic carbocycles. The normalized spacial score (nSPS) is 24.9. The van der Waals surface area contributed by atoms with Gasteiger partial charge >= 0.3 is 0 Å². The summed E-state index contributed by atoms with van der Waals surface area (Å²) >= 11 is 0. The molecule has 2 rings (SSSR count). The third kappa shape index (κ3) is 1.91. The van der Waals surface area contributed by atoms with Crippen LogP contribution in [0.5, 0.6) is 5.75 Å². The zero-order valence-electron chi connectivity index (χ0n) is 9.23. The molecule has 1 N–H and O–H groups in total. The van der Waals surface area contributed by atoms with E-state index in [2.05, 4.69) is 6.92 Å². The molecule has 1 saturated carbocycles. The Balaban J connectivity index is 2.15. The lowest BCUT2D eigenvalue weighted by molar-refractivity contribution is 0.186. The van der Waals surface area contributed by atoms with Crippen LogP contribution in [0.4, 0.5) is 0 Å². The van der Waals surface area contributed by atoms with Crippen molar-refractivity contribution in [1.82, 2.24) is 4.57 Å². The van der Waals surface area contributed by atoms with Crippen molar-refractivity contribution in [2.24, 2.45) is 11.8 Å². The number of hydrogen-bond donors (Lipinski definition) is 1. The second-order valence-electron chi connectivity index (χ2n) is 4.71. The topological polar surface area (TPSA) is 42.2 Å². The first-order chi connectivity index (χ1) is 7.08. The van der Waals surface area contributed by atoms with Crippen molar-refractivity contribution < 1.29 is 5.11 Å². The second kappa shape index (κ2) is 3.72. The molecule has 1 aromatic heterocycles. The van der Waals surface area contributed by atoms with Crippen LogP contribution in [-0.2, 0) is 6.54 Å². The third-order valence-electron chi connectivity index (χ3n) is 3.34. The van der Waals surface area contributed by atoms with Gasteiger partial charge < -0.3 is 9.67 Å². The summed E-state index contributed by atoms with van der Waals surface area (Å²) in [7, 11) is 0. The fourth-order valence-corrected chi connectivity index (χ4v) is 2.36. The molecule has 1 heterocycles. The zero-order chi connectivity index (χ0) is 11.0. The Bertz CT molecular complexity index is 416. The van der Waals surface area contributed by atoms with Crippen LogP contribution in [0.25, 0.3) is 0 Å². The van der Waals surface area contributed by atoms with Gasteiger partial charge in [0.2, 0.25) is 5.43 Å². The molecule has 1 fully saturated rings. The Labute approximate surface area is 89.4 Å². The highest BCUT2D eigenvalue weighted by atomic mass is 16.3. The van der Waals surface area contributed by atoms with Crippen LogP contribution in [0.3, 0.4) is 0 Å². The SMILES string of the molecule is Cc1c(O)c(=O)ccn1CC1CC(C)C1. The maximum atomic E-state index is 11.2. The fraction of sp³-hybridized carbons (Fsp3) is 0.583. The third-order valence-corrected chi connectivity index (χ3v) is 3.34. The van der Waals surface area contributed by atoms with Crippen LogP contribution >= 0.6 is 0 Å². The van der Waals surface area contributed by atoms with E-state index < -0.39 is 0 Å². The van der Waals surface area contributed by atoms with Crippen molar-refractivity contribution in [2.75, 3.05) is 0 Å². The van der Waals surface area contributed by atoms with Gasteiger partial charge in [0, 0.05) is 18.8 Å². The molecule has 0 unspecified atom stereocenters. The van der Waals surface area contributed by atoms with Gasteiger partial charge in [-0.15, -0.1) is 0 Å². The van der Waals surface area contributed by atoms with Gasteiger partial charge in [0.15, 0.2) is 5.75 Å². The Kier molecular flexibility index (Phi) is 2.55. The van der Waals surface area contributed by atoms with E-state index >= 15 is 0 Å². The lowest BCUT2D eigenvalue weighted by Gasteiger charge is -2.33. The summed E-state index contributed by atoms with van der Waals surface area (Å²) in [6, 6.07) is 1.43. The Morgan fingerprint density at radius 2 is 2.20 bits per heavy atom. The summed E-state index contributed by atoms with van der Waals surface area (Å²) in [4.78, 5) is 11.2. The molecular formula is C12H17NO2. The van der Waals surface area contributed by atoms with Crippen molar-refractivity contribution in [3.05, 3.63) is 28.2 Å². The zero-order valence-corrected chi connectivity index (χ0v) is 9.23. The van der Waals surface area contributed by atoms with Crippen LogP contribution in [0.2, 0.25) is 0 Å². The van der Waals surface area contributed by atoms with Crippen LogP contribution in [0.1, 0.15) is 25.5 Å². The number of aromatic nitrogens is 1. The van der Waals surface area contributed by atoms with Crippen LogP contribution < -0.4 is 5.43 Å². The van der Waals surface area contributed by atoms with Crippen LogP contribution in [0, 0.1) is 18.8 Å². The molecule has 0 atom stereocenters. The Hall–Kier alpha value is -1.25. The van der Waals surface area contributed by atoms with E-state index in [9.17, 15) is 9.90 Å². The first-order valence-corrected chi connectivity index (χ1v) is 5.47. The Morgan fingerprint density at radius 3 is 2.80 bits per heavy atom. The standard InChI is InChI=1S/C12H17NO2/c1-8-5-10(6-8)7-13-4-3-11(14)12(15)9(13)2/h3-4,8,10,15H,5-7H2,1-2H3. The summed E-state index contributed by atoms with van der Waals surface area (Å²) in [5.41, 5.74) is 0.396. The van der Waals surface area contributed by atoms with Crippen molar-refractivity contribution in [1.29, 1.82) is 0 Å². The average Bonchev–Trinajstić information content (AvgIpc) is 2.16. The molecule has 1 aromatic rings. The molecule has 82 valence electrons. The number of aromatic hydroxyl groups is 1. The fourth-order valence-electron chi connectivity index (χ4n) is 2.36. The smallest absolute Gasteiger partial charge is 0.223 e. The van der Waals surface area contributed by atoms with Gasteiger partial charge in [-0.05, 0) is 31.6 Å². The van der Waals surface area contributed by atoms with Crippen molar-refractivity contribution >= 4 is 0 Å². The molecule has 0 radical (unpaired) electrons. The van der Waals surface area contributed by atoms with Crippen LogP contribution in [0.15, 0.2) is 17.1 Å². The van der Waals surface area contributed by atoms with Gasteiger partial charge in [0.05, 0.1) is 5.69 Å². The second-order valence-corrected chi connectivity index (χ2v) is 4.71. The first-order valence-electron chi connectivity index (χ1n) is 5.47. The maximum absolute atomic E-state index is 11.2. The van der Waals surface area contributed by atoms with Gasteiger partial charge in [0.1, 0.15) is 0 Å². The molecular weight excluding hydrogens is 190 g/mol. The lowest BCUT2D eigenvalue weighted by atomic mass is 9.76. The summed E-state index contributed by atoms with van der Waals surface area (Å²) in [5.74, 6) is 1.44. The minimum atomic E-state index is -0.286. The quantitative estimate of drug-likeness (QED) is 0.805. The average molecular weight is 207 g/mol. The molecule has 0 saturated heterocycles. The summed E-state index contributed by atoms with van der Waals surface area (Å²) in [6.45, 7) is 4.97. The van der Waals surface area contributed by atoms with Crippen molar-refractivity contribution in [2.45, 2.75) is 33.2 Å². The summed E-state index contributed by atoms with van der Waals surface area (Å²) in [6.07, 6.45) is 4.29. The number of hydrogen-bond acceptors (Lipinski definition) is 2. The van der Waals surface area contributed by atoms with E-state index in [0.717, 1.165) is 12.5 Å². The number of nitrogens with zero attached hydrogens (tertiary/aromatic N) is 1. The molecule has 0 aliphatic heterocycles. The highest BCUT2D eigenvalue weighted by Crippen LogP contribution is 2.34. The van der Waals surface area contributed by atoms with Gasteiger partial charge in [-0.25, -0.2) is 0 Å². The van der Waals surface area contributed by atoms with E-state index in [1.54, 1.807) is 13.1 Å². The monoisotopic (exact) mass is 207 g/mol.